The van der Waals surface area contributed by atoms with Crippen LogP contribution in [-0.2, 0) is 17.6 Å². The highest BCUT2D eigenvalue weighted by Gasteiger charge is 2.27. The number of fused-ring (bicyclic) bond motifs is 1. The molecular weight excluding hydrogens is 406 g/mol. The molecule has 160 valence electrons. The second-order valence-corrected chi connectivity index (χ2v) is 8.28. The summed E-state index contributed by atoms with van der Waals surface area (Å²) in [7, 11) is 1.61. The number of thiophene rings is 1. The number of anilines is 1. The molecule has 2 aromatic rings. The van der Waals surface area contributed by atoms with Crippen molar-refractivity contribution < 1.29 is 19.2 Å². The highest BCUT2D eigenvalue weighted by atomic mass is 32.1. The van der Waals surface area contributed by atoms with E-state index in [0.717, 1.165) is 36.1 Å². The second-order valence-electron chi connectivity index (χ2n) is 7.18. The summed E-state index contributed by atoms with van der Waals surface area (Å²) in [6.07, 6.45) is 4.45. The van der Waals surface area contributed by atoms with E-state index in [0.29, 0.717) is 35.7 Å². The van der Waals surface area contributed by atoms with Crippen LogP contribution in [0, 0.1) is 17.0 Å². The van der Waals surface area contributed by atoms with Gasteiger partial charge in [0.15, 0.2) is 0 Å². The van der Waals surface area contributed by atoms with Gasteiger partial charge in [-0.25, -0.2) is 0 Å². The fourth-order valence-electron chi connectivity index (χ4n) is 3.64. The molecule has 9 heteroatoms. The summed E-state index contributed by atoms with van der Waals surface area (Å²) in [5.74, 6) is -0.667. The average Bonchev–Trinajstić information content (AvgIpc) is 3.08. The third-order valence-corrected chi connectivity index (χ3v) is 6.39. The van der Waals surface area contributed by atoms with E-state index in [2.05, 4.69) is 10.6 Å². The number of aryl methyl sites for hydroxylation is 1. The summed E-state index contributed by atoms with van der Waals surface area (Å²) in [5.41, 5.74) is 1.93. The molecule has 3 rings (SSSR count). The minimum Gasteiger partial charge on any atom is -0.385 e. The molecule has 0 spiro atoms. The number of nitrogens with one attached hydrogen (secondary N) is 2. The number of nitro benzene ring substituents is 1. The molecule has 0 saturated carbocycles. The van der Waals surface area contributed by atoms with Gasteiger partial charge in [0.05, 0.1) is 10.5 Å². The molecule has 2 amide bonds. The first-order valence-corrected chi connectivity index (χ1v) is 10.7. The fourth-order valence-corrected chi connectivity index (χ4v) is 4.92. The number of carbonyl (C=O) groups is 2. The van der Waals surface area contributed by atoms with Crippen LogP contribution in [0.25, 0.3) is 0 Å². The molecule has 0 saturated heterocycles. The summed E-state index contributed by atoms with van der Waals surface area (Å²) < 4.78 is 5.01. The van der Waals surface area contributed by atoms with Gasteiger partial charge in [0.25, 0.3) is 17.5 Å². The molecule has 0 aliphatic heterocycles. The third-order valence-electron chi connectivity index (χ3n) is 5.18. The summed E-state index contributed by atoms with van der Waals surface area (Å²) >= 11 is 1.42. The summed E-state index contributed by atoms with van der Waals surface area (Å²) in [5, 5.41) is 17.4. The predicted molar refractivity (Wildman–Crippen MR) is 116 cm³/mol. The predicted octanol–water partition coefficient (Wildman–Crippen LogP) is 3.86. The van der Waals surface area contributed by atoms with Gasteiger partial charge in [-0.2, -0.15) is 0 Å². The maximum atomic E-state index is 12.9. The lowest BCUT2D eigenvalue weighted by atomic mass is 9.95. The lowest BCUT2D eigenvalue weighted by molar-refractivity contribution is -0.385. The Morgan fingerprint density at radius 3 is 2.73 bits per heavy atom. The maximum absolute atomic E-state index is 12.9. The van der Waals surface area contributed by atoms with Gasteiger partial charge >= 0.3 is 0 Å². The molecule has 0 radical (unpaired) electrons. The van der Waals surface area contributed by atoms with Crippen LogP contribution in [0.4, 0.5) is 10.7 Å². The lowest BCUT2D eigenvalue weighted by Crippen LogP contribution is -2.27. The molecule has 0 unspecified atom stereocenters. The Kier molecular flexibility index (Phi) is 7.17. The van der Waals surface area contributed by atoms with Crippen molar-refractivity contribution in [3.63, 3.8) is 0 Å². The molecule has 1 aromatic heterocycles. The van der Waals surface area contributed by atoms with Crippen LogP contribution in [-0.4, -0.2) is 37.0 Å². The number of carbonyl (C=O) groups excluding carboxylic acids is 2. The van der Waals surface area contributed by atoms with Crippen LogP contribution in [0.2, 0.25) is 0 Å². The molecule has 30 heavy (non-hydrogen) atoms. The van der Waals surface area contributed by atoms with Crippen molar-refractivity contribution in [1.82, 2.24) is 5.32 Å². The van der Waals surface area contributed by atoms with Crippen LogP contribution in [0.1, 0.15) is 56.0 Å². The first-order valence-electron chi connectivity index (χ1n) is 9.91. The van der Waals surface area contributed by atoms with E-state index in [4.69, 9.17) is 4.74 Å². The van der Waals surface area contributed by atoms with Gasteiger partial charge in [-0.05, 0) is 50.7 Å². The number of methoxy groups -OCH3 is 1. The molecular formula is C21H25N3O5S. The number of hydrogen-bond acceptors (Lipinski definition) is 6. The van der Waals surface area contributed by atoms with Gasteiger partial charge in [0.1, 0.15) is 5.00 Å². The number of benzene rings is 1. The Balaban J connectivity index is 1.88. The van der Waals surface area contributed by atoms with Gasteiger partial charge in [-0.1, -0.05) is 6.07 Å². The quantitative estimate of drug-likeness (QED) is 0.375. The van der Waals surface area contributed by atoms with Crippen molar-refractivity contribution in [2.45, 2.75) is 39.0 Å². The van der Waals surface area contributed by atoms with Crippen molar-refractivity contribution in [3.8, 4) is 0 Å². The number of amides is 2. The van der Waals surface area contributed by atoms with Crippen LogP contribution < -0.4 is 10.6 Å². The van der Waals surface area contributed by atoms with Crippen LogP contribution >= 0.6 is 11.3 Å². The van der Waals surface area contributed by atoms with E-state index in [-0.39, 0.29) is 17.2 Å². The standard InChI is InChI=1S/C21H25N3O5S/c1-13-14(8-5-9-16(13)24(27)28)19(25)23-21-18(20(26)22-11-6-12-29-2)15-7-3-4-10-17(15)30-21/h5,8-9H,3-4,6-7,10-12H2,1-2H3,(H,22,26)(H,23,25). The Morgan fingerprint density at radius 1 is 1.23 bits per heavy atom. The SMILES string of the molecule is COCCCNC(=O)c1c(NC(=O)c2cccc([N+](=O)[O-])c2C)sc2c1CCCC2. The Hall–Kier alpha value is -2.78. The van der Waals surface area contributed by atoms with Crippen LogP contribution in [0.15, 0.2) is 18.2 Å². The van der Waals surface area contributed by atoms with E-state index in [9.17, 15) is 19.7 Å². The average molecular weight is 432 g/mol. The van der Waals surface area contributed by atoms with Gasteiger partial charge < -0.3 is 15.4 Å². The maximum Gasteiger partial charge on any atom is 0.273 e. The molecule has 0 atom stereocenters. The number of hydrogen-bond donors (Lipinski definition) is 2. The zero-order chi connectivity index (χ0) is 21.7. The van der Waals surface area contributed by atoms with Gasteiger partial charge in [0.2, 0.25) is 0 Å². The smallest absolute Gasteiger partial charge is 0.273 e. The monoisotopic (exact) mass is 431 g/mol. The molecule has 1 heterocycles. The van der Waals surface area contributed by atoms with Crippen LogP contribution in [0.5, 0.6) is 0 Å². The zero-order valence-corrected chi connectivity index (χ0v) is 17.9. The third kappa shape index (κ3) is 4.68. The Bertz CT molecular complexity index is 970. The molecule has 0 bridgehead atoms. The second kappa shape index (κ2) is 9.82. The lowest BCUT2D eigenvalue weighted by Gasteiger charge is -2.13. The van der Waals surface area contributed by atoms with E-state index < -0.39 is 10.8 Å². The summed E-state index contributed by atoms with van der Waals surface area (Å²) in [4.78, 5) is 37.6. The summed E-state index contributed by atoms with van der Waals surface area (Å²) in [6.45, 7) is 2.59. The number of ether oxygens (including phenoxy) is 1. The fraction of sp³-hybridized carbons (Fsp3) is 0.429. The van der Waals surface area contributed by atoms with Gasteiger partial charge in [-0.3, -0.25) is 19.7 Å². The van der Waals surface area contributed by atoms with Gasteiger partial charge in [-0.15, -0.1) is 11.3 Å². The van der Waals surface area contributed by atoms with E-state index in [1.807, 2.05) is 0 Å². The topological polar surface area (TPSA) is 111 Å². The van der Waals surface area contributed by atoms with Crippen molar-refractivity contribution in [2.24, 2.45) is 0 Å². The zero-order valence-electron chi connectivity index (χ0n) is 17.1. The molecule has 1 aliphatic carbocycles. The molecule has 2 N–H and O–H groups in total. The molecule has 0 fully saturated rings. The number of nitrogens with zero attached hydrogens (tertiary/aromatic N) is 1. The Labute approximate surface area is 178 Å². The summed E-state index contributed by atoms with van der Waals surface area (Å²) in [6, 6.07) is 4.41. The first kappa shape index (κ1) is 21.9. The highest BCUT2D eigenvalue weighted by molar-refractivity contribution is 7.17. The molecule has 8 nitrogen and oxygen atoms in total. The number of nitro groups is 1. The van der Waals surface area contributed by atoms with E-state index >= 15 is 0 Å². The number of rotatable bonds is 8. The van der Waals surface area contributed by atoms with Gasteiger partial charge in [0, 0.05) is 42.3 Å². The van der Waals surface area contributed by atoms with Crippen molar-refractivity contribution in [1.29, 1.82) is 0 Å². The molecule has 1 aromatic carbocycles. The first-order chi connectivity index (χ1) is 14.4. The van der Waals surface area contributed by atoms with Crippen molar-refractivity contribution in [2.75, 3.05) is 25.6 Å². The van der Waals surface area contributed by atoms with E-state index in [1.165, 1.54) is 23.5 Å². The van der Waals surface area contributed by atoms with Crippen LogP contribution in [0.3, 0.4) is 0 Å². The largest absolute Gasteiger partial charge is 0.385 e. The van der Waals surface area contributed by atoms with Crippen molar-refractivity contribution in [3.05, 3.63) is 55.4 Å². The normalized spacial score (nSPS) is 12.9. The molecule has 1 aliphatic rings. The highest BCUT2D eigenvalue weighted by Crippen LogP contribution is 2.38. The Morgan fingerprint density at radius 2 is 2.00 bits per heavy atom. The minimum absolute atomic E-state index is 0.107. The van der Waals surface area contributed by atoms with E-state index in [1.54, 1.807) is 20.1 Å². The minimum atomic E-state index is -0.505. The van der Waals surface area contributed by atoms with Crippen molar-refractivity contribution >= 4 is 33.8 Å².